The first-order valence-electron chi connectivity index (χ1n) is 8.23. The van der Waals surface area contributed by atoms with Gasteiger partial charge in [-0.15, -0.1) is 0 Å². The van der Waals surface area contributed by atoms with Crippen LogP contribution in [0.15, 0.2) is 40.1 Å². The number of aromatic nitrogens is 2. The molecular formula is C18H18N4O5. The third-order valence-electron chi connectivity index (χ3n) is 3.70. The van der Waals surface area contributed by atoms with E-state index in [0.717, 1.165) is 6.20 Å². The Morgan fingerprint density at radius 1 is 1.22 bits per heavy atom. The molecule has 2 aromatic rings. The molecule has 1 aromatic carbocycles. The van der Waals surface area contributed by atoms with Crippen molar-refractivity contribution in [3.63, 3.8) is 0 Å². The maximum atomic E-state index is 12.4. The number of aryl methyl sites for hydroxylation is 1. The molecule has 0 saturated carbocycles. The Balaban J connectivity index is 2.33. The van der Waals surface area contributed by atoms with Crippen molar-refractivity contribution >= 4 is 17.6 Å². The van der Waals surface area contributed by atoms with Gasteiger partial charge in [0.05, 0.1) is 17.9 Å². The average Bonchev–Trinajstić information content (AvgIpc) is 2.66. The van der Waals surface area contributed by atoms with E-state index in [2.05, 4.69) is 5.32 Å². The lowest BCUT2D eigenvalue weighted by Crippen LogP contribution is -2.43. The van der Waals surface area contributed by atoms with Crippen LogP contribution in [0.5, 0.6) is 0 Å². The minimum absolute atomic E-state index is 0.150. The van der Waals surface area contributed by atoms with Crippen LogP contribution in [-0.4, -0.2) is 27.6 Å². The number of ether oxygens (including phenoxy) is 1. The van der Waals surface area contributed by atoms with Gasteiger partial charge in [0.1, 0.15) is 18.2 Å². The Hall–Kier alpha value is -3.67. The molecule has 0 aliphatic carbocycles. The molecule has 9 heteroatoms. The summed E-state index contributed by atoms with van der Waals surface area (Å²) < 4.78 is 6.78. The molecule has 0 bridgehead atoms. The fourth-order valence-corrected chi connectivity index (χ4v) is 2.41. The van der Waals surface area contributed by atoms with Crippen LogP contribution in [0, 0.1) is 11.3 Å². The summed E-state index contributed by atoms with van der Waals surface area (Å²) in [4.78, 5) is 48.8. The summed E-state index contributed by atoms with van der Waals surface area (Å²) in [5, 5.41) is 11.5. The molecule has 1 aromatic heterocycles. The van der Waals surface area contributed by atoms with Crippen LogP contribution >= 0.6 is 0 Å². The van der Waals surface area contributed by atoms with Gasteiger partial charge in [-0.1, -0.05) is 12.1 Å². The highest BCUT2D eigenvalue weighted by molar-refractivity contribution is 6.01. The van der Waals surface area contributed by atoms with Gasteiger partial charge < -0.3 is 10.1 Å². The van der Waals surface area contributed by atoms with Crippen LogP contribution in [0.25, 0.3) is 0 Å². The zero-order valence-corrected chi connectivity index (χ0v) is 14.9. The lowest BCUT2D eigenvalue weighted by Gasteiger charge is -2.12. The smallest absolute Gasteiger partial charge is 0.340 e. The Bertz CT molecular complexity index is 1030. The number of para-hydroxylation sites is 1. The van der Waals surface area contributed by atoms with Crippen LogP contribution in [0.2, 0.25) is 0 Å². The minimum atomic E-state index is -0.846. The number of nitrogens with zero attached hydrogens (tertiary/aromatic N) is 3. The Labute approximate surface area is 154 Å². The molecule has 27 heavy (non-hydrogen) atoms. The number of hydrogen-bond donors (Lipinski definition) is 1. The number of nitriles is 1. The van der Waals surface area contributed by atoms with E-state index in [4.69, 9.17) is 10.00 Å². The van der Waals surface area contributed by atoms with Crippen molar-refractivity contribution in [2.75, 3.05) is 11.9 Å². The lowest BCUT2D eigenvalue weighted by molar-refractivity contribution is -0.116. The third kappa shape index (κ3) is 4.30. The topological polar surface area (TPSA) is 123 Å². The summed E-state index contributed by atoms with van der Waals surface area (Å²) in [6, 6.07) is 7.93. The monoisotopic (exact) mass is 370 g/mol. The van der Waals surface area contributed by atoms with Gasteiger partial charge in [0.25, 0.3) is 5.56 Å². The second-order valence-corrected chi connectivity index (χ2v) is 5.43. The number of rotatable bonds is 6. The summed E-state index contributed by atoms with van der Waals surface area (Å²) in [6.07, 6.45) is 1.16. The van der Waals surface area contributed by atoms with Crippen LogP contribution in [0.4, 0.5) is 5.69 Å². The van der Waals surface area contributed by atoms with E-state index in [1.165, 1.54) is 16.7 Å². The predicted molar refractivity (Wildman–Crippen MR) is 96.4 cm³/mol. The first-order valence-corrected chi connectivity index (χ1v) is 8.23. The van der Waals surface area contributed by atoms with Crippen molar-refractivity contribution in [2.24, 2.45) is 0 Å². The van der Waals surface area contributed by atoms with E-state index in [1.54, 1.807) is 32.0 Å². The van der Waals surface area contributed by atoms with E-state index in [-0.39, 0.29) is 30.0 Å². The number of benzene rings is 1. The second-order valence-electron chi connectivity index (χ2n) is 5.43. The van der Waals surface area contributed by atoms with Gasteiger partial charge >= 0.3 is 11.7 Å². The maximum Gasteiger partial charge on any atom is 0.340 e. The zero-order chi connectivity index (χ0) is 20.0. The maximum absolute atomic E-state index is 12.4. The number of carbonyl (C=O) groups is 2. The van der Waals surface area contributed by atoms with E-state index in [0.29, 0.717) is 4.57 Å². The van der Waals surface area contributed by atoms with Gasteiger partial charge in [-0.05, 0) is 26.0 Å². The predicted octanol–water partition coefficient (Wildman–Crippen LogP) is 0.717. The molecule has 1 heterocycles. The molecule has 0 aliphatic heterocycles. The van der Waals surface area contributed by atoms with Crippen molar-refractivity contribution in [3.8, 4) is 6.07 Å². The molecule has 0 atom stereocenters. The van der Waals surface area contributed by atoms with Crippen LogP contribution in [0.3, 0.4) is 0 Å². The summed E-state index contributed by atoms with van der Waals surface area (Å²) in [5.41, 5.74) is -1.44. The molecule has 0 radical (unpaired) electrons. The van der Waals surface area contributed by atoms with Crippen molar-refractivity contribution in [1.82, 2.24) is 9.13 Å². The standard InChI is InChI=1S/C18H18N4O5/c1-3-21-10-12(9-19)16(24)22(18(21)26)11-15(23)20-14-8-6-5-7-13(14)17(25)27-4-2/h5-8,10H,3-4,11H2,1-2H3,(H,20,23). The SMILES string of the molecule is CCOC(=O)c1ccccc1NC(=O)Cn1c(=O)c(C#N)cn(CC)c1=O. The molecule has 0 saturated heterocycles. The molecule has 140 valence electrons. The molecule has 2 rings (SSSR count). The number of esters is 1. The summed E-state index contributed by atoms with van der Waals surface area (Å²) in [6.45, 7) is 3.15. The molecule has 1 amide bonds. The zero-order valence-electron chi connectivity index (χ0n) is 14.9. The third-order valence-corrected chi connectivity index (χ3v) is 3.70. The van der Waals surface area contributed by atoms with Gasteiger partial charge in [0, 0.05) is 12.7 Å². The fourth-order valence-electron chi connectivity index (χ4n) is 2.41. The lowest BCUT2D eigenvalue weighted by atomic mass is 10.2. The first-order chi connectivity index (χ1) is 12.9. The van der Waals surface area contributed by atoms with Gasteiger partial charge in [-0.2, -0.15) is 5.26 Å². The number of carbonyl (C=O) groups excluding carboxylic acids is 2. The van der Waals surface area contributed by atoms with Gasteiger partial charge in [0.15, 0.2) is 0 Å². The largest absolute Gasteiger partial charge is 0.462 e. The molecular weight excluding hydrogens is 352 g/mol. The Morgan fingerprint density at radius 3 is 2.56 bits per heavy atom. The number of nitrogens with one attached hydrogen (secondary N) is 1. The highest BCUT2D eigenvalue weighted by atomic mass is 16.5. The normalized spacial score (nSPS) is 10.1. The summed E-state index contributed by atoms with van der Waals surface area (Å²) >= 11 is 0. The number of anilines is 1. The highest BCUT2D eigenvalue weighted by Gasteiger charge is 2.17. The minimum Gasteiger partial charge on any atom is -0.462 e. The van der Waals surface area contributed by atoms with Crippen LogP contribution in [-0.2, 0) is 22.6 Å². The van der Waals surface area contributed by atoms with E-state index < -0.39 is 29.7 Å². The fraction of sp³-hybridized carbons (Fsp3) is 0.278. The number of hydrogen-bond acceptors (Lipinski definition) is 6. The summed E-state index contributed by atoms with van der Waals surface area (Å²) in [7, 11) is 0. The van der Waals surface area contributed by atoms with Crippen LogP contribution < -0.4 is 16.6 Å². The van der Waals surface area contributed by atoms with Gasteiger partial charge in [-0.3, -0.25) is 14.2 Å². The summed E-state index contributed by atoms with van der Waals surface area (Å²) in [5.74, 6) is -1.30. The van der Waals surface area contributed by atoms with Gasteiger partial charge in [-0.25, -0.2) is 14.2 Å². The van der Waals surface area contributed by atoms with Crippen molar-refractivity contribution < 1.29 is 14.3 Å². The molecule has 0 spiro atoms. The van der Waals surface area contributed by atoms with Crippen molar-refractivity contribution in [1.29, 1.82) is 5.26 Å². The first kappa shape index (κ1) is 19.7. The van der Waals surface area contributed by atoms with Gasteiger partial charge in [0.2, 0.25) is 5.91 Å². The number of amides is 1. The van der Waals surface area contributed by atoms with E-state index in [1.807, 2.05) is 0 Å². The second kappa shape index (κ2) is 8.62. The highest BCUT2D eigenvalue weighted by Crippen LogP contribution is 2.16. The van der Waals surface area contributed by atoms with Crippen molar-refractivity contribution in [3.05, 3.63) is 62.4 Å². The molecule has 1 N–H and O–H groups in total. The van der Waals surface area contributed by atoms with Crippen LogP contribution in [0.1, 0.15) is 29.8 Å². The average molecular weight is 370 g/mol. The molecule has 0 unspecified atom stereocenters. The molecule has 0 aliphatic rings. The Morgan fingerprint density at radius 2 is 1.93 bits per heavy atom. The van der Waals surface area contributed by atoms with Crippen molar-refractivity contribution in [2.45, 2.75) is 26.9 Å². The van der Waals surface area contributed by atoms with E-state index >= 15 is 0 Å². The molecule has 9 nitrogen and oxygen atoms in total. The quantitative estimate of drug-likeness (QED) is 0.747. The molecule has 0 fully saturated rings. The Kier molecular flexibility index (Phi) is 6.27. The van der Waals surface area contributed by atoms with E-state index in [9.17, 15) is 19.2 Å².